The number of fused-ring (bicyclic) bond motifs is 2. The van der Waals surface area contributed by atoms with Gasteiger partial charge in [-0.15, -0.1) is 0 Å². The van der Waals surface area contributed by atoms with Crippen LogP contribution in [0, 0.1) is 5.92 Å². The first kappa shape index (κ1) is 24.8. The van der Waals surface area contributed by atoms with Crippen LogP contribution in [0.1, 0.15) is 65.8 Å². The van der Waals surface area contributed by atoms with Crippen LogP contribution in [0.5, 0.6) is 0 Å². The minimum absolute atomic E-state index is 0.0472. The number of aromatic nitrogens is 3. The van der Waals surface area contributed by atoms with Crippen molar-refractivity contribution < 1.29 is 19.4 Å². The fraction of sp³-hybridized carbons (Fsp3) is 0.500. The van der Waals surface area contributed by atoms with Crippen LogP contribution in [-0.2, 0) is 11.3 Å². The van der Waals surface area contributed by atoms with Crippen LogP contribution in [0.3, 0.4) is 0 Å². The molecule has 1 aromatic carbocycles. The lowest BCUT2D eigenvalue weighted by Gasteiger charge is -2.39. The number of nitrogens with one attached hydrogen (secondary N) is 1. The van der Waals surface area contributed by atoms with E-state index in [0.29, 0.717) is 55.3 Å². The molecule has 200 valence electrons. The summed E-state index contributed by atoms with van der Waals surface area (Å²) in [5.74, 6) is 0.00758. The second-order valence-electron chi connectivity index (χ2n) is 11.1. The second-order valence-corrected chi connectivity index (χ2v) is 11.1. The van der Waals surface area contributed by atoms with Gasteiger partial charge in [-0.05, 0) is 69.2 Å². The number of anilines is 2. The molecule has 3 aliphatic rings. The van der Waals surface area contributed by atoms with Crippen molar-refractivity contribution in [3.05, 3.63) is 53.5 Å². The average Bonchev–Trinajstić information content (AvgIpc) is 3.49. The van der Waals surface area contributed by atoms with E-state index in [9.17, 15) is 14.7 Å². The number of hydrogen-bond donors (Lipinski definition) is 2. The zero-order valence-electron chi connectivity index (χ0n) is 21.9. The number of amides is 2. The monoisotopic (exact) mass is 518 g/mol. The SMILES string of the molecule is CC(C)(O)[C@H]1CC[C@H](N2Cc3cc(NC(=O)c4cnn5cccnc45)c(N4CCOCC4)cc3C2=O)CC1. The van der Waals surface area contributed by atoms with Gasteiger partial charge in [-0.3, -0.25) is 9.59 Å². The zero-order chi connectivity index (χ0) is 26.4. The molecule has 2 aliphatic heterocycles. The highest BCUT2D eigenvalue weighted by Crippen LogP contribution is 2.40. The molecule has 1 saturated carbocycles. The Labute approximate surface area is 221 Å². The van der Waals surface area contributed by atoms with Crippen LogP contribution in [-0.4, -0.2) is 74.4 Å². The number of rotatable bonds is 5. The number of nitrogens with zero attached hydrogens (tertiary/aromatic N) is 5. The van der Waals surface area contributed by atoms with Gasteiger partial charge >= 0.3 is 0 Å². The van der Waals surface area contributed by atoms with Gasteiger partial charge in [-0.2, -0.15) is 5.10 Å². The standard InChI is InChI=1S/C28H34N6O4/c1-28(2,37)19-4-6-20(7-5-19)33-17-18-14-23(24(15-21(18)27(33)36)32-10-12-38-13-11-32)31-26(35)22-16-30-34-9-3-8-29-25(22)34/h3,8-9,14-16,19-20,37H,4-7,10-13,17H2,1-2H3,(H,31,35)/t19-,20-. The smallest absolute Gasteiger partial charge is 0.261 e. The molecule has 6 rings (SSSR count). The largest absolute Gasteiger partial charge is 0.390 e. The first-order valence-corrected chi connectivity index (χ1v) is 13.4. The van der Waals surface area contributed by atoms with E-state index in [2.05, 4.69) is 20.3 Å². The van der Waals surface area contributed by atoms with Gasteiger partial charge in [0.05, 0.1) is 36.4 Å². The highest BCUT2D eigenvalue weighted by Gasteiger charge is 2.38. The Kier molecular flexibility index (Phi) is 6.31. The van der Waals surface area contributed by atoms with Crippen LogP contribution >= 0.6 is 0 Å². The molecular weight excluding hydrogens is 484 g/mol. The van der Waals surface area contributed by atoms with Crippen LogP contribution < -0.4 is 10.2 Å². The molecule has 10 heteroatoms. The molecule has 1 saturated heterocycles. The van der Waals surface area contributed by atoms with E-state index < -0.39 is 5.60 Å². The summed E-state index contributed by atoms with van der Waals surface area (Å²) < 4.78 is 7.12. The summed E-state index contributed by atoms with van der Waals surface area (Å²) in [5, 5.41) is 17.8. The van der Waals surface area contributed by atoms with Crippen LogP contribution in [0.4, 0.5) is 11.4 Å². The van der Waals surface area contributed by atoms with E-state index in [1.807, 2.05) is 30.9 Å². The third kappa shape index (κ3) is 4.52. The number of ether oxygens (including phenoxy) is 1. The first-order chi connectivity index (χ1) is 18.3. The topological polar surface area (TPSA) is 112 Å². The fourth-order valence-corrected chi connectivity index (χ4v) is 6.10. The van der Waals surface area contributed by atoms with Gasteiger partial charge in [0, 0.05) is 43.6 Å². The maximum absolute atomic E-state index is 13.6. The zero-order valence-corrected chi connectivity index (χ0v) is 21.9. The summed E-state index contributed by atoms with van der Waals surface area (Å²) in [6, 6.07) is 5.81. The molecule has 4 heterocycles. The summed E-state index contributed by atoms with van der Waals surface area (Å²) >= 11 is 0. The molecule has 3 aromatic rings. The molecule has 2 aromatic heterocycles. The number of carbonyl (C=O) groups is 2. The number of benzene rings is 1. The van der Waals surface area contributed by atoms with Crippen molar-refractivity contribution in [1.82, 2.24) is 19.5 Å². The van der Waals surface area contributed by atoms with Crippen molar-refractivity contribution in [2.45, 2.75) is 57.7 Å². The summed E-state index contributed by atoms with van der Waals surface area (Å²) in [6.45, 7) is 6.82. The summed E-state index contributed by atoms with van der Waals surface area (Å²) in [6.07, 6.45) is 8.49. The van der Waals surface area contributed by atoms with Crippen molar-refractivity contribution in [2.24, 2.45) is 5.92 Å². The van der Waals surface area contributed by atoms with Gasteiger partial charge in [-0.25, -0.2) is 9.50 Å². The predicted molar refractivity (Wildman–Crippen MR) is 142 cm³/mol. The van der Waals surface area contributed by atoms with Crippen molar-refractivity contribution in [1.29, 1.82) is 0 Å². The molecule has 0 spiro atoms. The molecule has 1 aliphatic carbocycles. The highest BCUT2D eigenvalue weighted by atomic mass is 16.5. The maximum Gasteiger partial charge on any atom is 0.261 e. The Morgan fingerprint density at radius 3 is 2.66 bits per heavy atom. The normalized spacial score (nSPS) is 22.1. The number of aliphatic hydroxyl groups is 1. The first-order valence-electron chi connectivity index (χ1n) is 13.4. The van der Waals surface area contributed by atoms with Gasteiger partial charge in [0.25, 0.3) is 11.8 Å². The number of hydrogen-bond acceptors (Lipinski definition) is 7. The third-order valence-electron chi connectivity index (χ3n) is 8.31. The fourth-order valence-electron chi connectivity index (χ4n) is 6.10. The Morgan fingerprint density at radius 2 is 1.92 bits per heavy atom. The number of carbonyl (C=O) groups excluding carboxylic acids is 2. The molecule has 2 N–H and O–H groups in total. The van der Waals surface area contributed by atoms with Gasteiger partial charge < -0.3 is 25.0 Å². The molecule has 0 atom stereocenters. The lowest BCUT2D eigenvalue weighted by molar-refractivity contribution is -0.0106. The third-order valence-corrected chi connectivity index (χ3v) is 8.31. The van der Waals surface area contributed by atoms with E-state index >= 15 is 0 Å². The Balaban J connectivity index is 1.28. The van der Waals surface area contributed by atoms with Crippen molar-refractivity contribution in [3.63, 3.8) is 0 Å². The van der Waals surface area contributed by atoms with Crippen LogP contribution in [0.2, 0.25) is 0 Å². The average molecular weight is 519 g/mol. The van der Waals surface area contributed by atoms with Crippen molar-refractivity contribution >= 4 is 28.8 Å². The molecule has 2 fully saturated rings. The minimum Gasteiger partial charge on any atom is -0.390 e. The van der Waals surface area contributed by atoms with E-state index in [0.717, 1.165) is 36.9 Å². The van der Waals surface area contributed by atoms with Crippen LogP contribution in [0.25, 0.3) is 5.65 Å². The Hall–Kier alpha value is -3.50. The summed E-state index contributed by atoms with van der Waals surface area (Å²) in [5.41, 5.74) is 3.30. The van der Waals surface area contributed by atoms with Crippen LogP contribution in [0.15, 0.2) is 36.8 Å². The Morgan fingerprint density at radius 1 is 1.16 bits per heavy atom. The molecule has 0 radical (unpaired) electrons. The minimum atomic E-state index is -0.695. The quantitative estimate of drug-likeness (QED) is 0.534. The molecule has 0 bridgehead atoms. The molecule has 0 unspecified atom stereocenters. The molecular formula is C28H34N6O4. The van der Waals surface area contributed by atoms with E-state index in [1.165, 1.54) is 6.20 Å². The van der Waals surface area contributed by atoms with Gasteiger partial charge in [0.1, 0.15) is 5.56 Å². The lowest BCUT2D eigenvalue weighted by atomic mass is 9.77. The van der Waals surface area contributed by atoms with Crippen molar-refractivity contribution in [3.8, 4) is 0 Å². The predicted octanol–water partition coefficient (Wildman–Crippen LogP) is 3.10. The van der Waals surface area contributed by atoms with E-state index in [-0.39, 0.29) is 23.8 Å². The van der Waals surface area contributed by atoms with Gasteiger partial charge in [-0.1, -0.05) is 0 Å². The van der Waals surface area contributed by atoms with Gasteiger partial charge in [0.15, 0.2) is 5.65 Å². The second kappa shape index (κ2) is 9.67. The number of morpholine rings is 1. The summed E-state index contributed by atoms with van der Waals surface area (Å²) in [4.78, 5) is 35.4. The van der Waals surface area contributed by atoms with E-state index in [1.54, 1.807) is 23.0 Å². The summed E-state index contributed by atoms with van der Waals surface area (Å²) in [7, 11) is 0. The highest BCUT2D eigenvalue weighted by molar-refractivity contribution is 6.10. The van der Waals surface area contributed by atoms with Crippen molar-refractivity contribution in [2.75, 3.05) is 36.5 Å². The maximum atomic E-state index is 13.6. The molecule has 2 amide bonds. The lowest BCUT2D eigenvalue weighted by Crippen LogP contribution is -2.42. The Bertz CT molecular complexity index is 1370. The van der Waals surface area contributed by atoms with Gasteiger partial charge in [0.2, 0.25) is 0 Å². The van der Waals surface area contributed by atoms with E-state index in [4.69, 9.17) is 4.74 Å². The molecule has 10 nitrogen and oxygen atoms in total. The molecule has 38 heavy (non-hydrogen) atoms.